The molecule has 1 aliphatic heterocycles. The first kappa shape index (κ1) is 20.7. The highest BCUT2D eigenvalue weighted by Crippen LogP contribution is 2.17. The van der Waals surface area contributed by atoms with Crippen LogP contribution < -0.4 is 5.32 Å². The largest absolute Gasteiger partial charge is 0.405 e. The molecule has 1 unspecified atom stereocenters. The molecule has 1 heterocycles. The number of piperazine rings is 1. The minimum atomic E-state index is -4.38. The van der Waals surface area contributed by atoms with E-state index in [1.54, 1.807) is 6.92 Å². The van der Waals surface area contributed by atoms with E-state index in [4.69, 9.17) is 0 Å². The fourth-order valence-corrected chi connectivity index (χ4v) is 3.08. The van der Waals surface area contributed by atoms with Gasteiger partial charge in [-0.05, 0) is 24.0 Å². The maximum atomic E-state index is 12.2. The Kier molecular flexibility index (Phi) is 7.06. The lowest BCUT2D eigenvalue weighted by Crippen LogP contribution is -2.54. The van der Waals surface area contributed by atoms with Gasteiger partial charge in [-0.15, -0.1) is 0 Å². The monoisotopic (exact) mass is 371 g/mol. The van der Waals surface area contributed by atoms with Crippen molar-refractivity contribution >= 4 is 5.91 Å². The first-order valence-electron chi connectivity index (χ1n) is 9.05. The van der Waals surface area contributed by atoms with Crippen LogP contribution in [-0.4, -0.2) is 60.6 Å². The van der Waals surface area contributed by atoms with Crippen LogP contribution >= 0.6 is 0 Å². The van der Waals surface area contributed by atoms with E-state index >= 15 is 0 Å². The summed E-state index contributed by atoms with van der Waals surface area (Å²) in [7, 11) is 0. The van der Waals surface area contributed by atoms with Gasteiger partial charge in [-0.3, -0.25) is 14.6 Å². The lowest BCUT2D eigenvalue weighted by Gasteiger charge is -2.37. The number of rotatable bonds is 6. The normalized spacial score (nSPS) is 18.1. The third kappa shape index (κ3) is 6.29. The van der Waals surface area contributed by atoms with Crippen molar-refractivity contribution in [3.05, 3.63) is 35.4 Å². The molecule has 2 rings (SSSR count). The fourth-order valence-electron chi connectivity index (χ4n) is 3.08. The van der Waals surface area contributed by atoms with Gasteiger partial charge < -0.3 is 5.32 Å². The van der Waals surface area contributed by atoms with Crippen molar-refractivity contribution in [2.24, 2.45) is 0 Å². The van der Waals surface area contributed by atoms with Crippen LogP contribution in [0.4, 0.5) is 13.2 Å². The Balaban J connectivity index is 1.78. The third-order valence-electron chi connectivity index (χ3n) is 4.85. The van der Waals surface area contributed by atoms with Crippen LogP contribution in [0.25, 0.3) is 0 Å². The van der Waals surface area contributed by atoms with Crippen LogP contribution in [0, 0.1) is 0 Å². The molecule has 0 spiro atoms. The number of carbonyl (C=O) groups excluding carboxylic acids is 1. The Bertz CT molecular complexity index is 579. The van der Waals surface area contributed by atoms with Gasteiger partial charge in [0, 0.05) is 32.7 Å². The first-order valence-corrected chi connectivity index (χ1v) is 9.05. The molecule has 1 amide bonds. The van der Waals surface area contributed by atoms with Gasteiger partial charge in [0.2, 0.25) is 5.91 Å². The highest BCUT2D eigenvalue weighted by molar-refractivity contribution is 5.81. The summed E-state index contributed by atoms with van der Waals surface area (Å²) in [5, 5.41) is 1.97. The van der Waals surface area contributed by atoms with E-state index in [2.05, 4.69) is 43.0 Å². The van der Waals surface area contributed by atoms with Gasteiger partial charge in [-0.2, -0.15) is 13.2 Å². The van der Waals surface area contributed by atoms with Crippen LogP contribution in [-0.2, 0) is 11.3 Å². The second kappa shape index (κ2) is 8.86. The van der Waals surface area contributed by atoms with Gasteiger partial charge in [0.15, 0.2) is 0 Å². The number of alkyl halides is 3. The van der Waals surface area contributed by atoms with Crippen molar-refractivity contribution in [1.29, 1.82) is 0 Å². The molecule has 0 aromatic heterocycles. The van der Waals surface area contributed by atoms with E-state index in [0.29, 0.717) is 19.0 Å². The maximum Gasteiger partial charge on any atom is 0.405 e. The van der Waals surface area contributed by atoms with Crippen molar-refractivity contribution in [1.82, 2.24) is 15.1 Å². The molecule has 0 bridgehead atoms. The van der Waals surface area contributed by atoms with E-state index in [-0.39, 0.29) is 0 Å². The molecular formula is C19H28F3N3O. The maximum absolute atomic E-state index is 12.2. The predicted molar refractivity (Wildman–Crippen MR) is 95.9 cm³/mol. The van der Waals surface area contributed by atoms with Crippen molar-refractivity contribution < 1.29 is 18.0 Å². The average Bonchev–Trinajstić information content (AvgIpc) is 2.59. The number of nitrogens with zero attached hydrogens (tertiary/aromatic N) is 2. The zero-order chi connectivity index (χ0) is 19.3. The van der Waals surface area contributed by atoms with Gasteiger partial charge in [0.25, 0.3) is 0 Å². The molecule has 1 saturated heterocycles. The molecule has 1 aliphatic rings. The standard InChI is InChI=1S/C19H28F3N3O/c1-14(2)17-6-4-16(5-7-17)12-24-8-10-25(11-9-24)15(3)18(26)23-13-19(20,21)22/h4-7,14-15H,8-13H2,1-3H3,(H,23,26). The summed E-state index contributed by atoms with van der Waals surface area (Å²) in [6, 6.07) is 8.06. The van der Waals surface area contributed by atoms with Gasteiger partial charge in [0.1, 0.15) is 6.54 Å². The minimum Gasteiger partial charge on any atom is -0.346 e. The molecular weight excluding hydrogens is 343 g/mol. The first-order chi connectivity index (χ1) is 12.2. The molecule has 0 radical (unpaired) electrons. The minimum absolute atomic E-state index is 0.512. The number of hydrogen-bond acceptors (Lipinski definition) is 3. The molecule has 1 fully saturated rings. The topological polar surface area (TPSA) is 35.6 Å². The SMILES string of the molecule is CC(C)c1ccc(CN2CCN(C(C)C(=O)NCC(F)(F)F)CC2)cc1. The highest BCUT2D eigenvalue weighted by Gasteiger charge is 2.31. The number of hydrogen-bond donors (Lipinski definition) is 1. The Morgan fingerprint density at radius 3 is 2.15 bits per heavy atom. The molecule has 4 nitrogen and oxygen atoms in total. The Morgan fingerprint density at radius 1 is 1.08 bits per heavy atom. The van der Waals surface area contributed by atoms with Gasteiger partial charge >= 0.3 is 6.18 Å². The van der Waals surface area contributed by atoms with Crippen molar-refractivity contribution in [3.63, 3.8) is 0 Å². The Labute approximate surface area is 153 Å². The summed E-state index contributed by atoms with van der Waals surface area (Å²) in [6.07, 6.45) is -4.38. The van der Waals surface area contributed by atoms with E-state index in [9.17, 15) is 18.0 Å². The number of amides is 1. The number of halogens is 3. The van der Waals surface area contributed by atoms with Crippen LogP contribution in [0.15, 0.2) is 24.3 Å². The average molecular weight is 371 g/mol. The molecule has 1 aromatic rings. The third-order valence-corrected chi connectivity index (χ3v) is 4.85. The van der Waals surface area contributed by atoms with Crippen LogP contribution in [0.1, 0.15) is 37.8 Å². The molecule has 26 heavy (non-hydrogen) atoms. The summed E-state index contributed by atoms with van der Waals surface area (Å²) in [5.74, 6) is -0.0578. The van der Waals surface area contributed by atoms with Crippen molar-refractivity contribution in [2.45, 2.75) is 45.5 Å². The molecule has 1 N–H and O–H groups in total. The summed E-state index contributed by atoms with van der Waals surface area (Å²) >= 11 is 0. The predicted octanol–water partition coefficient (Wildman–Crippen LogP) is 2.99. The smallest absolute Gasteiger partial charge is 0.346 e. The molecule has 146 valence electrons. The molecule has 0 saturated carbocycles. The van der Waals surface area contributed by atoms with Gasteiger partial charge in [-0.1, -0.05) is 38.1 Å². The number of nitrogens with one attached hydrogen (secondary N) is 1. The van der Waals surface area contributed by atoms with Crippen molar-refractivity contribution in [2.75, 3.05) is 32.7 Å². The summed E-state index contributed by atoms with van der Waals surface area (Å²) in [5.41, 5.74) is 2.57. The molecule has 1 aromatic carbocycles. The van der Waals surface area contributed by atoms with E-state index < -0.39 is 24.7 Å². The Hall–Kier alpha value is -1.60. The highest BCUT2D eigenvalue weighted by atomic mass is 19.4. The fraction of sp³-hybridized carbons (Fsp3) is 0.632. The summed E-state index contributed by atoms with van der Waals surface area (Å²) in [6.45, 7) is 8.50. The zero-order valence-electron chi connectivity index (χ0n) is 15.6. The van der Waals surface area contributed by atoms with Crippen LogP contribution in [0.5, 0.6) is 0 Å². The summed E-state index contributed by atoms with van der Waals surface area (Å²) in [4.78, 5) is 16.1. The van der Waals surface area contributed by atoms with Crippen molar-refractivity contribution in [3.8, 4) is 0 Å². The van der Waals surface area contributed by atoms with Crippen LogP contribution in [0.2, 0.25) is 0 Å². The van der Waals surface area contributed by atoms with E-state index in [1.165, 1.54) is 11.1 Å². The van der Waals surface area contributed by atoms with Crippen LogP contribution in [0.3, 0.4) is 0 Å². The summed E-state index contributed by atoms with van der Waals surface area (Å²) < 4.78 is 36.6. The number of benzene rings is 1. The van der Waals surface area contributed by atoms with E-state index in [1.807, 2.05) is 10.2 Å². The lowest BCUT2D eigenvalue weighted by molar-refractivity contribution is -0.141. The molecule has 7 heteroatoms. The second-order valence-electron chi connectivity index (χ2n) is 7.22. The molecule has 1 atom stereocenters. The quantitative estimate of drug-likeness (QED) is 0.835. The van der Waals surface area contributed by atoms with Gasteiger partial charge in [-0.25, -0.2) is 0 Å². The lowest BCUT2D eigenvalue weighted by atomic mass is 10.0. The van der Waals surface area contributed by atoms with Gasteiger partial charge in [0.05, 0.1) is 6.04 Å². The second-order valence-corrected chi connectivity index (χ2v) is 7.22. The molecule has 0 aliphatic carbocycles. The van der Waals surface area contributed by atoms with E-state index in [0.717, 1.165) is 19.6 Å². The Morgan fingerprint density at radius 2 is 1.65 bits per heavy atom. The number of carbonyl (C=O) groups is 1. The zero-order valence-corrected chi connectivity index (χ0v) is 15.6.